The Balaban J connectivity index is 1.73. The van der Waals surface area contributed by atoms with E-state index in [0.29, 0.717) is 19.0 Å². The Kier molecular flexibility index (Phi) is 9.86. The fourth-order valence-electron chi connectivity index (χ4n) is 2.35. The number of pyridine rings is 1. The van der Waals surface area contributed by atoms with Gasteiger partial charge in [-0.05, 0) is 31.1 Å². The standard InChI is InChI=1S/C20H17Cl3F4N2O3/c21-14-9-13(31-8-5-17(22)23)10-15(24)18(14)32-7-2-1-6-28-19(30)16-4-3-12(11-29-16)20(25,26)27/h3-5,9-11H,1-2,6-8H2,(H,28,30). The summed E-state index contributed by atoms with van der Waals surface area (Å²) in [6.45, 7) is 0.381. The van der Waals surface area contributed by atoms with Gasteiger partial charge in [-0.25, -0.2) is 4.39 Å². The Morgan fingerprint density at radius 3 is 2.50 bits per heavy atom. The molecule has 0 aliphatic rings. The number of carbonyl (C=O) groups is 1. The number of hydrogen-bond acceptors (Lipinski definition) is 4. The topological polar surface area (TPSA) is 60.5 Å². The van der Waals surface area contributed by atoms with Crippen molar-refractivity contribution in [3.8, 4) is 11.5 Å². The van der Waals surface area contributed by atoms with E-state index in [-0.39, 0.29) is 46.5 Å². The van der Waals surface area contributed by atoms with Crippen LogP contribution in [0.5, 0.6) is 11.5 Å². The zero-order valence-electron chi connectivity index (χ0n) is 16.3. The Morgan fingerprint density at radius 2 is 1.91 bits per heavy atom. The van der Waals surface area contributed by atoms with Gasteiger partial charge in [0.15, 0.2) is 11.6 Å². The number of rotatable bonds is 10. The molecule has 1 N–H and O–H groups in total. The van der Waals surface area contributed by atoms with Crippen molar-refractivity contribution in [2.75, 3.05) is 19.8 Å². The lowest BCUT2D eigenvalue weighted by Gasteiger charge is -2.11. The van der Waals surface area contributed by atoms with E-state index in [1.165, 1.54) is 12.1 Å². The van der Waals surface area contributed by atoms with Crippen molar-refractivity contribution in [1.82, 2.24) is 10.3 Å². The molecule has 0 aliphatic carbocycles. The summed E-state index contributed by atoms with van der Waals surface area (Å²) in [6, 6.07) is 4.27. The average Bonchev–Trinajstić information content (AvgIpc) is 2.71. The number of carbonyl (C=O) groups excluding carboxylic acids is 1. The highest BCUT2D eigenvalue weighted by molar-refractivity contribution is 6.55. The molecular weight excluding hydrogens is 499 g/mol. The number of nitrogens with zero attached hydrogens (tertiary/aromatic N) is 1. The Labute approximate surface area is 196 Å². The van der Waals surface area contributed by atoms with Crippen LogP contribution in [-0.4, -0.2) is 30.6 Å². The van der Waals surface area contributed by atoms with Crippen molar-refractivity contribution in [3.05, 3.63) is 63.1 Å². The molecule has 5 nitrogen and oxygen atoms in total. The lowest BCUT2D eigenvalue weighted by Crippen LogP contribution is -2.25. The minimum atomic E-state index is -4.52. The second-order valence-electron chi connectivity index (χ2n) is 6.26. The van der Waals surface area contributed by atoms with Crippen molar-refractivity contribution in [2.45, 2.75) is 19.0 Å². The summed E-state index contributed by atoms with van der Waals surface area (Å²) in [6.07, 6.45) is -1.62. The molecule has 0 radical (unpaired) electrons. The normalized spacial score (nSPS) is 11.1. The molecule has 0 saturated carbocycles. The van der Waals surface area contributed by atoms with Gasteiger partial charge in [0.05, 0.1) is 17.2 Å². The van der Waals surface area contributed by atoms with Crippen molar-refractivity contribution < 1.29 is 31.8 Å². The number of benzene rings is 1. The number of alkyl halides is 3. The first-order valence-electron chi connectivity index (χ1n) is 9.15. The third-order valence-corrected chi connectivity index (χ3v) is 4.48. The maximum Gasteiger partial charge on any atom is 0.417 e. The number of halogens is 7. The molecule has 2 aromatic rings. The largest absolute Gasteiger partial charge is 0.489 e. The molecule has 12 heteroatoms. The summed E-state index contributed by atoms with van der Waals surface area (Å²) < 4.78 is 62.3. The van der Waals surface area contributed by atoms with E-state index in [2.05, 4.69) is 10.3 Å². The molecule has 1 aromatic carbocycles. The van der Waals surface area contributed by atoms with E-state index in [9.17, 15) is 22.4 Å². The smallest absolute Gasteiger partial charge is 0.417 e. The number of unbranched alkanes of at least 4 members (excludes halogenated alkanes) is 1. The zero-order chi connectivity index (χ0) is 23.7. The van der Waals surface area contributed by atoms with Crippen molar-refractivity contribution in [1.29, 1.82) is 0 Å². The molecule has 1 aromatic heterocycles. The van der Waals surface area contributed by atoms with E-state index in [0.717, 1.165) is 18.2 Å². The molecular formula is C20H17Cl3F4N2O3. The van der Waals surface area contributed by atoms with Crippen LogP contribution in [0, 0.1) is 5.82 Å². The number of aromatic nitrogens is 1. The Bertz CT molecular complexity index is 927. The maximum absolute atomic E-state index is 14.2. The molecule has 0 saturated heterocycles. The maximum atomic E-state index is 14.2. The third-order valence-electron chi connectivity index (χ3n) is 3.89. The van der Waals surface area contributed by atoms with Crippen molar-refractivity contribution >= 4 is 40.7 Å². The van der Waals surface area contributed by atoms with Gasteiger partial charge in [0.2, 0.25) is 0 Å². The first-order valence-corrected chi connectivity index (χ1v) is 10.3. The van der Waals surface area contributed by atoms with Gasteiger partial charge >= 0.3 is 6.18 Å². The van der Waals surface area contributed by atoms with Gasteiger partial charge in [0.1, 0.15) is 22.5 Å². The second kappa shape index (κ2) is 12.1. The second-order valence-corrected chi connectivity index (χ2v) is 7.68. The summed E-state index contributed by atoms with van der Waals surface area (Å²) in [5, 5.41) is 2.55. The monoisotopic (exact) mass is 514 g/mol. The van der Waals surface area contributed by atoms with Crippen LogP contribution in [0.2, 0.25) is 5.02 Å². The fraction of sp³-hybridized carbons (Fsp3) is 0.300. The summed E-state index contributed by atoms with van der Waals surface area (Å²) >= 11 is 16.9. The first-order chi connectivity index (χ1) is 15.1. The molecule has 1 heterocycles. The van der Waals surface area contributed by atoms with E-state index in [1.54, 1.807) is 0 Å². The Morgan fingerprint density at radius 1 is 1.16 bits per heavy atom. The van der Waals surface area contributed by atoms with E-state index in [1.807, 2.05) is 0 Å². The van der Waals surface area contributed by atoms with Crippen molar-refractivity contribution in [2.24, 2.45) is 0 Å². The van der Waals surface area contributed by atoms with E-state index in [4.69, 9.17) is 44.3 Å². The molecule has 0 unspecified atom stereocenters. The average molecular weight is 516 g/mol. The summed E-state index contributed by atoms with van der Waals surface area (Å²) in [5.41, 5.74) is -1.07. The highest BCUT2D eigenvalue weighted by Gasteiger charge is 2.30. The summed E-state index contributed by atoms with van der Waals surface area (Å²) in [7, 11) is 0. The molecule has 174 valence electrons. The van der Waals surface area contributed by atoms with Crippen LogP contribution in [0.15, 0.2) is 41.0 Å². The van der Waals surface area contributed by atoms with Gasteiger partial charge in [0.25, 0.3) is 5.91 Å². The lowest BCUT2D eigenvalue weighted by molar-refractivity contribution is -0.137. The highest BCUT2D eigenvalue weighted by Crippen LogP contribution is 2.32. The van der Waals surface area contributed by atoms with E-state index >= 15 is 0 Å². The lowest BCUT2D eigenvalue weighted by atomic mass is 10.2. The van der Waals surface area contributed by atoms with Gasteiger partial charge in [-0.1, -0.05) is 34.8 Å². The minimum Gasteiger partial charge on any atom is -0.489 e. The molecule has 2 rings (SSSR count). The van der Waals surface area contributed by atoms with Gasteiger partial charge in [-0.2, -0.15) is 13.2 Å². The molecule has 0 spiro atoms. The first kappa shape index (κ1) is 26.0. The minimum absolute atomic E-state index is 0.0163. The van der Waals surface area contributed by atoms with Crippen LogP contribution >= 0.6 is 34.8 Å². The number of nitrogens with one attached hydrogen (secondary N) is 1. The predicted molar refractivity (Wildman–Crippen MR) is 113 cm³/mol. The summed E-state index contributed by atoms with van der Waals surface area (Å²) in [5.74, 6) is -1.28. The predicted octanol–water partition coefficient (Wildman–Crippen LogP) is 6.18. The van der Waals surface area contributed by atoms with Crippen LogP contribution < -0.4 is 14.8 Å². The van der Waals surface area contributed by atoms with Crippen LogP contribution in [0.3, 0.4) is 0 Å². The zero-order valence-corrected chi connectivity index (χ0v) is 18.6. The van der Waals surface area contributed by atoms with Gasteiger partial charge in [0, 0.05) is 24.9 Å². The molecule has 0 atom stereocenters. The number of ether oxygens (including phenoxy) is 2. The molecule has 0 fully saturated rings. The van der Waals surface area contributed by atoms with Gasteiger partial charge in [-0.15, -0.1) is 0 Å². The van der Waals surface area contributed by atoms with Gasteiger partial charge < -0.3 is 14.8 Å². The molecule has 32 heavy (non-hydrogen) atoms. The molecule has 1 amide bonds. The van der Waals surface area contributed by atoms with Gasteiger partial charge in [-0.3, -0.25) is 9.78 Å². The molecule has 0 aliphatic heterocycles. The molecule has 0 bridgehead atoms. The van der Waals surface area contributed by atoms with Crippen LogP contribution in [0.4, 0.5) is 17.6 Å². The highest BCUT2D eigenvalue weighted by atomic mass is 35.5. The van der Waals surface area contributed by atoms with Crippen LogP contribution in [-0.2, 0) is 6.18 Å². The number of amides is 1. The van der Waals surface area contributed by atoms with Crippen LogP contribution in [0.25, 0.3) is 0 Å². The quantitative estimate of drug-likeness (QED) is 0.303. The third kappa shape index (κ3) is 8.37. The Hall–Kier alpha value is -2.23. The SMILES string of the molecule is O=C(NCCCCOc1c(F)cc(OCC=C(Cl)Cl)cc1Cl)c1ccc(C(F)(F)F)cn1. The fourth-order valence-corrected chi connectivity index (χ4v) is 2.73. The van der Waals surface area contributed by atoms with Crippen molar-refractivity contribution in [3.63, 3.8) is 0 Å². The van der Waals surface area contributed by atoms with E-state index < -0.39 is 23.5 Å². The summed E-state index contributed by atoms with van der Waals surface area (Å²) in [4.78, 5) is 15.4. The van der Waals surface area contributed by atoms with Crippen LogP contribution in [0.1, 0.15) is 28.9 Å². The number of hydrogen-bond donors (Lipinski definition) is 1.